The molecule has 0 N–H and O–H groups in total. The first kappa shape index (κ1) is 20.1. The fourth-order valence-electron chi connectivity index (χ4n) is 2.10. The molecule has 0 unspecified atom stereocenters. The zero-order chi connectivity index (χ0) is 19.3. The first-order chi connectivity index (χ1) is 12.4. The number of carbonyl (C=O) groups is 3. The van der Waals surface area contributed by atoms with Crippen LogP contribution in [0.2, 0.25) is 5.02 Å². The normalized spacial score (nSPS) is 15.5. The van der Waals surface area contributed by atoms with Crippen LogP contribution in [0, 0.1) is 0 Å². The van der Waals surface area contributed by atoms with Gasteiger partial charge in [-0.25, -0.2) is 4.79 Å². The number of halogens is 1. The maximum absolute atomic E-state index is 12.0. The molecule has 0 saturated carbocycles. The molecule has 0 bridgehead atoms. The second-order valence-corrected chi connectivity index (χ2v) is 6.50. The number of rotatable bonds is 7. The van der Waals surface area contributed by atoms with Crippen molar-refractivity contribution in [2.45, 2.75) is 13.8 Å². The number of ether oxygens (including phenoxy) is 3. The van der Waals surface area contributed by atoms with Crippen LogP contribution >= 0.6 is 23.4 Å². The summed E-state index contributed by atoms with van der Waals surface area (Å²) < 4.78 is 15.8. The lowest BCUT2D eigenvalue weighted by Gasteiger charge is -2.14. The van der Waals surface area contributed by atoms with Gasteiger partial charge < -0.3 is 14.2 Å². The summed E-state index contributed by atoms with van der Waals surface area (Å²) in [5.74, 6) is -0.364. The Hall–Kier alpha value is -2.19. The van der Waals surface area contributed by atoms with Crippen LogP contribution in [0.3, 0.4) is 0 Å². The van der Waals surface area contributed by atoms with Crippen molar-refractivity contribution in [2.24, 2.45) is 0 Å². The topological polar surface area (TPSA) is 82.1 Å². The molecule has 0 radical (unpaired) electrons. The fourth-order valence-corrected chi connectivity index (χ4v) is 3.21. The van der Waals surface area contributed by atoms with E-state index in [1.807, 2.05) is 0 Å². The maximum atomic E-state index is 12.0. The summed E-state index contributed by atoms with van der Waals surface area (Å²) in [6.07, 6.45) is 1.55. The number of hydrogen-bond donors (Lipinski definition) is 0. The Morgan fingerprint density at radius 2 is 1.96 bits per heavy atom. The lowest BCUT2D eigenvalue weighted by atomic mass is 10.1. The van der Waals surface area contributed by atoms with Crippen LogP contribution < -0.4 is 9.47 Å². The molecule has 1 aliphatic rings. The highest BCUT2D eigenvalue weighted by Gasteiger charge is 2.31. The van der Waals surface area contributed by atoms with Crippen molar-refractivity contribution in [3.8, 4) is 11.5 Å². The molecule has 1 aromatic carbocycles. The molecule has 9 heteroatoms. The second-order valence-electron chi connectivity index (χ2n) is 5.10. The minimum atomic E-state index is -0.522. The van der Waals surface area contributed by atoms with Crippen molar-refractivity contribution >= 4 is 46.6 Å². The summed E-state index contributed by atoms with van der Waals surface area (Å²) >= 11 is 7.10. The van der Waals surface area contributed by atoms with Gasteiger partial charge in [-0.05, 0) is 49.4 Å². The molecule has 2 rings (SSSR count). The van der Waals surface area contributed by atoms with Gasteiger partial charge in [0.05, 0.1) is 23.1 Å². The molecule has 7 nitrogen and oxygen atoms in total. The molecule has 1 aromatic rings. The highest BCUT2D eigenvalue weighted by atomic mass is 35.5. The molecule has 140 valence electrons. The number of imide groups is 1. The highest BCUT2D eigenvalue weighted by Crippen LogP contribution is 2.39. The third-order valence-corrected chi connectivity index (χ3v) is 4.50. The number of nitrogens with zero attached hydrogens (tertiary/aromatic N) is 1. The molecular weight excluding hydrogens is 382 g/mol. The van der Waals surface area contributed by atoms with Gasteiger partial charge in [0.2, 0.25) is 0 Å². The number of hydrogen-bond acceptors (Lipinski definition) is 7. The van der Waals surface area contributed by atoms with E-state index in [0.717, 1.165) is 16.7 Å². The van der Waals surface area contributed by atoms with Crippen molar-refractivity contribution in [3.63, 3.8) is 0 Å². The van der Waals surface area contributed by atoms with Gasteiger partial charge in [0.15, 0.2) is 18.1 Å². The average Bonchev–Trinajstić information content (AvgIpc) is 2.81. The molecule has 0 spiro atoms. The molecule has 1 fully saturated rings. The van der Waals surface area contributed by atoms with Gasteiger partial charge in [-0.3, -0.25) is 14.5 Å². The Balaban J connectivity index is 2.29. The zero-order valence-electron chi connectivity index (χ0n) is 14.5. The Bertz CT molecular complexity index is 764. The third kappa shape index (κ3) is 4.70. The summed E-state index contributed by atoms with van der Waals surface area (Å²) in [7, 11) is 1.42. The van der Waals surface area contributed by atoms with Crippen molar-refractivity contribution in [1.82, 2.24) is 4.90 Å². The third-order valence-electron chi connectivity index (χ3n) is 3.26. The van der Waals surface area contributed by atoms with E-state index in [9.17, 15) is 14.4 Å². The Labute approximate surface area is 160 Å². The van der Waals surface area contributed by atoms with E-state index in [1.165, 1.54) is 7.05 Å². The van der Waals surface area contributed by atoms with Gasteiger partial charge in [-0.2, -0.15) is 0 Å². The molecule has 0 aromatic heterocycles. The molecule has 26 heavy (non-hydrogen) atoms. The first-order valence-corrected chi connectivity index (χ1v) is 9.03. The predicted molar refractivity (Wildman–Crippen MR) is 98.5 cm³/mol. The number of likely N-dealkylation sites (N-methyl/N-ethyl adjacent to an activating group) is 1. The SMILES string of the molecule is CCOC(=O)COc1c(Cl)cc(/C=C2\SC(=O)N(C)C2=O)cc1OCC. The van der Waals surface area contributed by atoms with E-state index in [0.29, 0.717) is 17.9 Å². The number of amides is 2. The fraction of sp³-hybridized carbons (Fsp3) is 0.353. The van der Waals surface area contributed by atoms with Crippen LogP contribution in [0.1, 0.15) is 19.4 Å². The lowest BCUT2D eigenvalue weighted by Crippen LogP contribution is -2.22. The van der Waals surface area contributed by atoms with Crippen LogP contribution in [0.4, 0.5) is 4.79 Å². The van der Waals surface area contributed by atoms with Gasteiger partial charge in [-0.15, -0.1) is 0 Å². The van der Waals surface area contributed by atoms with Gasteiger partial charge in [0, 0.05) is 7.05 Å². The van der Waals surface area contributed by atoms with Crippen molar-refractivity contribution < 1.29 is 28.6 Å². The minimum Gasteiger partial charge on any atom is -0.490 e. The van der Waals surface area contributed by atoms with E-state index in [1.54, 1.807) is 32.1 Å². The largest absolute Gasteiger partial charge is 0.490 e. The second kappa shape index (κ2) is 8.95. The van der Waals surface area contributed by atoms with E-state index in [-0.39, 0.29) is 40.0 Å². The summed E-state index contributed by atoms with van der Waals surface area (Å²) in [6.45, 7) is 3.78. The number of esters is 1. The van der Waals surface area contributed by atoms with E-state index in [2.05, 4.69) is 0 Å². The van der Waals surface area contributed by atoms with Crippen LogP contribution in [-0.4, -0.2) is 48.9 Å². The predicted octanol–water partition coefficient (Wildman–Crippen LogP) is 3.35. The smallest absolute Gasteiger partial charge is 0.344 e. The molecule has 1 saturated heterocycles. The molecule has 2 amide bonds. The van der Waals surface area contributed by atoms with Crippen molar-refractivity contribution in [2.75, 3.05) is 26.9 Å². The van der Waals surface area contributed by atoms with Gasteiger partial charge in [0.1, 0.15) is 0 Å². The number of carbonyl (C=O) groups excluding carboxylic acids is 3. The summed E-state index contributed by atoms with van der Waals surface area (Å²) in [6, 6.07) is 3.19. The quantitative estimate of drug-likeness (QED) is 0.513. The van der Waals surface area contributed by atoms with Crippen LogP contribution in [0.15, 0.2) is 17.0 Å². The Morgan fingerprint density at radius 1 is 1.23 bits per heavy atom. The van der Waals surface area contributed by atoms with E-state index < -0.39 is 5.97 Å². The molecule has 1 aliphatic heterocycles. The Morgan fingerprint density at radius 3 is 2.54 bits per heavy atom. The molecule has 0 atom stereocenters. The molecule has 0 aliphatic carbocycles. The monoisotopic (exact) mass is 399 g/mol. The summed E-state index contributed by atoms with van der Waals surface area (Å²) in [4.78, 5) is 36.4. The summed E-state index contributed by atoms with van der Waals surface area (Å²) in [5.41, 5.74) is 0.570. The summed E-state index contributed by atoms with van der Waals surface area (Å²) in [5, 5.41) is -0.131. The first-order valence-electron chi connectivity index (χ1n) is 7.83. The van der Waals surface area contributed by atoms with Gasteiger partial charge in [-0.1, -0.05) is 11.6 Å². The Kier molecular flexibility index (Phi) is 6.93. The van der Waals surface area contributed by atoms with Crippen molar-refractivity contribution in [3.05, 3.63) is 27.6 Å². The number of thioether (sulfide) groups is 1. The van der Waals surface area contributed by atoms with Gasteiger partial charge in [0.25, 0.3) is 11.1 Å². The lowest BCUT2D eigenvalue weighted by molar-refractivity contribution is -0.145. The zero-order valence-corrected chi connectivity index (χ0v) is 16.1. The standard InChI is InChI=1S/C17H18ClNO6S/c1-4-23-12-7-10(8-13-16(21)19(3)17(22)26-13)6-11(18)15(12)25-9-14(20)24-5-2/h6-8H,4-5,9H2,1-3H3/b13-8-. The average molecular weight is 400 g/mol. The van der Waals surface area contributed by atoms with Crippen molar-refractivity contribution in [1.29, 1.82) is 0 Å². The highest BCUT2D eigenvalue weighted by molar-refractivity contribution is 8.18. The van der Waals surface area contributed by atoms with E-state index in [4.69, 9.17) is 25.8 Å². The van der Waals surface area contributed by atoms with Crippen LogP contribution in [0.5, 0.6) is 11.5 Å². The maximum Gasteiger partial charge on any atom is 0.344 e. The van der Waals surface area contributed by atoms with Crippen LogP contribution in [0.25, 0.3) is 6.08 Å². The molecular formula is C17H18ClNO6S. The molecule has 1 heterocycles. The van der Waals surface area contributed by atoms with Crippen LogP contribution in [-0.2, 0) is 14.3 Å². The van der Waals surface area contributed by atoms with E-state index >= 15 is 0 Å². The van der Waals surface area contributed by atoms with Gasteiger partial charge >= 0.3 is 5.97 Å². The number of benzene rings is 1. The minimum absolute atomic E-state index is 0.210.